The molecule has 2 amide bonds. The number of nitrogens with one attached hydrogen (secondary N) is 2. The molecule has 2 aromatic carbocycles. The first-order chi connectivity index (χ1) is 16.6. The van der Waals surface area contributed by atoms with Gasteiger partial charge in [-0.15, -0.1) is 0 Å². The van der Waals surface area contributed by atoms with Crippen molar-refractivity contribution < 1.29 is 14.3 Å². The van der Waals surface area contributed by atoms with E-state index in [-0.39, 0.29) is 6.03 Å². The molecule has 1 aliphatic rings. The number of anilines is 2. The lowest BCUT2D eigenvalue weighted by Gasteiger charge is -2.34. The summed E-state index contributed by atoms with van der Waals surface area (Å²) in [4.78, 5) is 21.5. The number of ether oxygens (including phenoxy) is 2. The molecular formula is C24H30N6O3S. The highest BCUT2D eigenvalue weighted by Crippen LogP contribution is 2.21. The van der Waals surface area contributed by atoms with Crippen LogP contribution in [0.4, 0.5) is 15.6 Å². The van der Waals surface area contributed by atoms with Gasteiger partial charge in [0.2, 0.25) is 5.13 Å². The van der Waals surface area contributed by atoms with Crippen LogP contribution >= 0.6 is 11.5 Å². The second kappa shape index (κ2) is 11.7. The Kier molecular flexibility index (Phi) is 8.16. The fraction of sp³-hybridized carbons (Fsp3) is 0.375. The molecular weight excluding hydrogens is 452 g/mol. The maximum atomic E-state index is 12.1. The molecule has 0 aliphatic carbocycles. The van der Waals surface area contributed by atoms with Crippen molar-refractivity contribution in [2.24, 2.45) is 0 Å². The van der Waals surface area contributed by atoms with Gasteiger partial charge >= 0.3 is 6.03 Å². The fourth-order valence-corrected chi connectivity index (χ4v) is 4.49. The molecule has 0 bridgehead atoms. The molecule has 1 aliphatic heterocycles. The molecule has 0 atom stereocenters. The van der Waals surface area contributed by atoms with Crippen molar-refractivity contribution in [3.63, 3.8) is 0 Å². The minimum atomic E-state index is -0.207. The lowest BCUT2D eigenvalue weighted by atomic mass is 10.1. The van der Waals surface area contributed by atoms with E-state index in [9.17, 15) is 4.79 Å². The Morgan fingerprint density at radius 3 is 2.53 bits per heavy atom. The van der Waals surface area contributed by atoms with Crippen molar-refractivity contribution in [2.75, 3.05) is 63.7 Å². The van der Waals surface area contributed by atoms with Gasteiger partial charge < -0.3 is 25.0 Å². The second-order valence-corrected chi connectivity index (χ2v) is 8.69. The standard InChI is InChI=1S/C24H30N6O3S/c1-32-20-8-6-19(7-9-20)26-23(31)25-10-11-29-12-14-30(15-13-29)24-27-22(28-34-24)17-18-4-3-5-21(16-18)33-2/h3-9,16H,10-15,17H2,1-2H3,(H2,25,26,31). The third kappa shape index (κ3) is 6.58. The first kappa shape index (κ1) is 23.8. The van der Waals surface area contributed by atoms with E-state index in [1.807, 2.05) is 42.5 Å². The lowest BCUT2D eigenvalue weighted by Crippen LogP contribution is -2.48. The number of hydrogen-bond acceptors (Lipinski definition) is 8. The molecule has 1 fully saturated rings. The molecule has 4 rings (SSSR count). The third-order valence-corrected chi connectivity index (χ3v) is 6.47. The van der Waals surface area contributed by atoms with Crippen LogP contribution in [0.5, 0.6) is 11.5 Å². The van der Waals surface area contributed by atoms with E-state index in [1.165, 1.54) is 11.5 Å². The van der Waals surface area contributed by atoms with Crippen LogP contribution in [0.3, 0.4) is 0 Å². The smallest absolute Gasteiger partial charge is 0.319 e. The molecule has 1 saturated heterocycles. The summed E-state index contributed by atoms with van der Waals surface area (Å²) in [6.07, 6.45) is 0.692. The molecule has 0 saturated carbocycles. The number of hydrogen-bond donors (Lipinski definition) is 2. The predicted molar refractivity (Wildman–Crippen MR) is 134 cm³/mol. The van der Waals surface area contributed by atoms with Crippen molar-refractivity contribution in [3.05, 3.63) is 59.9 Å². The third-order valence-electron chi connectivity index (χ3n) is 5.66. The van der Waals surface area contributed by atoms with Crippen LogP contribution in [0.25, 0.3) is 0 Å². The number of carbonyl (C=O) groups is 1. The number of rotatable bonds is 9. The Bertz CT molecular complexity index is 1070. The first-order valence-corrected chi connectivity index (χ1v) is 12.0. The monoisotopic (exact) mass is 482 g/mol. The SMILES string of the molecule is COc1ccc(NC(=O)NCCN2CCN(c3nc(Cc4cccc(OC)c4)ns3)CC2)cc1. The van der Waals surface area contributed by atoms with E-state index in [2.05, 4.69) is 30.9 Å². The van der Waals surface area contributed by atoms with E-state index in [1.54, 1.807) is 14.2 Å². The van der Waals surface area contributed by atoms with Gasteiger partial charge in [0.1, 0.15) is 17.3 Å². The summed E-state index contributed by atoms with van der Waals surface area (Å²) in [5.74, 6) is 2.44. The van der Waals surface area contributed by atoms with E-state index in [4.69, 9.17) is 14.5 Å². The molecule has 10 heteroatoms. The summed E-state index contributed by atoms with van der Waals surface area (Å²) >= 11 is 1.45. The van der Waals surface area contributed by atoms with Crippen LogP contribution in [0.15, 0.2) is 48.5 Å². The van der Waals surface area contributed by atoms with Crippen molar-refractivity contribution in [2.45, 2.75) is 6.42 Å². The van der Waals surface area contributed by atoms with E-state index in [0.717, 1.165) is 66.4 Å². The zero-order valence-corrected chi connectivity index (χ0v) is 20.3. The maximum absolute atomic E-state index is 12.1. The molecule has 180 valence electrons. The molecule has 2 N–H and O–H groups in total. The molecule has 9 nitrogen and oxygen atoms in total. The molecule has 0 unspecified atom stereocenters. The first-order valence-electron chi connectivity index (χ1n) is 11.2. The number of amides is 2. The summed E-state index contributed by atoms with van der Waals surface area (Å²) in [5, 5.41) is 6.72. The Morgan fingerprint density at radius 1 is 1.03 bits per heavy atom. The largest absolute Gasteiger partial charge is 0.497 e. The Labute approximate surface area is 203 Å². The highest BCUT2D eigenvalue weighted by Gasteiger charge is 2.20. The number of urea groups is 1. The molecule has 0 spiro atoms. The minimum Gasteiger partial charge on any atom is -0.497 e. The van der Waals surface area contributed by atoms with Gasteiger partial charge in [0, 0.05) is 62.9 Å². The van der Waals surface area contributed by atoms with Crippen LogP contribution < -0.4 is 25.0 Å². The summed E-state index contributed by atoms with van der Waals surface area (Å²) in [7, 11) is 3.29. The van der Waals surface area contributed by atoms with Crippen LogP contribution in [0.1, 0.15) is 11.4 Å². The summed E-state index contributed by atoms with van der Waals surface area (Å²) < 4.78 is 15.0. The number of benzene rings is 2. The average molecular weight is 483 g/mol. The summed E-state index contributed by atoms with van der Waals surface area (Å²) in [6.45, 7) is 5.03. The number of piperazine rings is 1. The van der Waals surface area contributed by atoms with Crippen molar-refractivity contribution in [1.82, 2.24) is 19.6 Å². The van der Waals surface area contributed by atoms with Gasteiger partial charge in [-0.1, -0.05) is 12.1 Å². The normalized spacial score (nSPS) is 14.0. The van der Waals surface area contributed by atoms with Gasteiger partial charge in [0.25, 0.3) is 0 Å². The van der Waals surface area contributed by atoms with Crippen molar-refractivity contribution >= 4 is 28.4 Å². The van der Waals surface area contributed by atoms with E-state index < -0.39 is 0 Å². The van der Waals surface area contributed by atoms with E-state index in [0.29, 0.717) is 13.0 Å². The highest BCUT2D eigenvalue weighted by molar-refractivity contribution is 7.09. The number of aromatic nitrogens is 2. The molecule has 34 heavy (non-hydrogen) atoms. The van der Waals surface area contributed by atoms with Crippen LogP contribution in [0.2, 0.25) is 0 Å². The maximum Gasteiger partial charge on any atom is 0.319 e. The predicted octanol–water partition coefficient (Wildman–Crippen LogP) is 3.09. The molecule has 0 radical (unpaired) electrons. The summed E-state index contributed by atoms with van der Waals surface area (Å²) in [5.41, 5.74) is 1.87. The molecule has 2 heterocycles. The van der Waals surface area contributed by atoms with Crippen molar-refractivity contribution in [3.8, 4) is 11.5 Å². The quantitative estimate of drug-likeness (QED) is 0.484. The Morgan fingerprint density at radius 2 is 1.79 bits per heavy atom. The van der Waals surface area contributed by atoms with Crippen LogP contribution in [-0.2, 0) is 6.42 Å². The zero-order chi connectivity index (χ0) is 23.8. The van der Waals surface area contributed by atoms with Gasteiger partial charge in [0.15, 0.2) is 0 Å². The molecule has 3 aromatic rings. The number of nitrogens with zero attached hydrogens (tertiary/aromatic N) is 4. The van der Waals surface area contributed by atoms with Gasteiger partial charge in [-0.3, -0.25) is 4.90 Å². The van der Waals surface area contributed by atoms with Gasteiger partial charge in [0.05, 0.1) is 14.2 Å². The fourth-order valence-electron chi connectivity index (χ4n) is 3.75. The van der Waals surface area contributed by atoms with E-state index >= 15 is 0 Å². The topological polar surface area (TPSA) is 91.9 Å². The van der Waals surface area contributed by atoms with Gasteiger partial charge in [-0.05, 0) is 42.0 Å². The highest BCUT2D eigenvalue weighted by atomic mass is 32.1. The second-order valence-electron chi connectivity index (χ2n) is 7.96. The molecule has 1 aromatic heterocycles. The Hall–Kier alpha value is -3.37. The Balaban J connectivity index is 1.17. The van der Waals surface area contributed by atoms with Crippen LogP contribution in [0, 0.1) is 0 Å². The van der Waals surface area contributed by atoms with Crippen LogP contribution in [-0.4, -0.2) is 73.8 Å². The lowest BCUT2D eigenvalue weighted by molar-refractivity contribution is 0.240. The minimum absolute atomic E-state index is 0.207. The summed E-state index contributed by atoms with van der Waals surface area (Å²) in [6, 6.07) is 15.0. The number of methoxy groups -OCH3 is 2. The number of carbonyl (C=O) groups excluding carboxylic acids is 1. The van der Waals surface area contributed by atoms with Gasteiger partial charge in [-0.2, -0.15) is 4.37 Å². The van der Waals surface area contributed by atoms with Crippen molar-refractivity contribution in [1.29, 1.82) is 0 Å². The van der Waals surface area contributed by atoms with Gasteiger partial charge in [-0.25, -0.2) is 9.78 Å². The average Bonchev–Trinajstić information content (AvgIpc) is 3.33. The zero-order valence-electron chi connectivity index (χ0n) is 19.5.